The molecule has 0 saturated heterocycles. The molecule has 0 aliphatic carbocycles. The van der Waals surface area contributed by atoms with Crippen LogP contribution in [0, 0.1) is 0 Å². The van der Waals surface area contributed by atoms with Crippen molar-refractivity contribution >= 4 is 7.68 Å². The van der Waals surface area contributed by atoms with E-state index in [9.17, 15) is 9.13 Å². The Kier molecular flexibility index (Phi) is 12.4. The zero-order valence-corrected chi connectivity index (χ0v) is 14.1. The number of hydrogen-bond acceptors (Lipinski definition) is 4. The minimum absolute atomic E-state index is 0.0173. The van der Waals surface area contributed by atoms with E-state index in [0.29, 0.717) is 6.61 Å². The molecule has 0 spiro atoms. The van der Waals surface area contributed by atoms with Gasteiger partial charge >= 0.3 is 7.68 Å². The van der Waals surface area contributed by atoms with Crippen LogP contribution in [0.15, 0.2) is 0 Å². The van der Waals surface area contributed by atoms with Crippen molar-refractivity contribution < 1.29 is 13.9 Å². The Labute approximate surface area is 124 Å². The maximum atomic E-state index is 11.0. The van der Waals surface area contributed by atoms with Gasteiger partial charge in [0.25, 0.3) is 0 Å². The topological polar surface area (TPSA) is 69.4 Å². The molecule has 0 aromatic carbocycles. The van der Waals surface area contributed by atoms with Crippen LogP contribution in [-0.4, -0.2) is 18.5 Å². The van der Waals surface area contributed by atoms with Gasteiger partial charge in [-0.1, -0.05) is 64.7 Å². The number of hydrogen-bond donors (Lipinski definition) is 1. The average molecular weight is 305 g/mol. The van der Waals surface area contributed by atoms with Crippen molar-refractivity contribution in [2.45, 2.75) is 83.4 Å². The van der Waals surface area contributed by atoms with Crippen LogP contribution in [0.4, 0.5) is 0 Å². The van der Waals surface area contributed by atoms with E-state index in [0.717, 1.165) is 12.8 Å². The lowest BCUT2D eigenvalue weighted by Crippen LogP contribution is -2.32. The average Bonchev–Trinajstić information content (AvgIpc) is 2.44. The third-order valence-electron chi connectivity index (χ3n) is 3.68. The Morgan fingerprint density at radius 2 is 1.35 bits per heavy atom. The molecule has 2 N–H and O–H groups in total. The first kappa shape index (κ1) is 19.8. The summed E-state index contributed by atoms with van der Waals surface area (Å²) in [6, 6.07) is 0. The molecule has 0 saturated carbocycles. The third kappa shape index (κ3) is 9.68. The van der Waals surface area contributed by atoms with E-state index in [1.165, 1.54) is 58.3 Å². The van der Waals surface area contributed by atoms with Crippen molar-refractivity contribution in [1.82, 2.24) is 0 Å². The fraction of sp³-hybridized carbons (Fsp3) is 1.00. The van der Waals surface area contributed by atoms with E-state index in [2.05, 4.69) is 6.92 Å². The quantitative estimate of drug-likeness (QED) is 0.370. The van der Waals surface area contributed by atoms with Crippen molar-refractivity contribution in [3.8, 4) is 0 Å². The van der Waals surface area contributed by atoms with Crippen LogP contribution < -0.4 is 5.73 Å². The molecule has 0 aromatic heterocycles. The highest BCUT2D eigenvalue weighted by atomic mass is 31.1. The maximum absolute atomic E-state index is 11.0. The Morgan fingerprint density at radius 1 is 0.900 bits per heavy atom. The van der Waals surface area contributed by atoms with Crippen LogP contribution in [0.5, 0.6) is 0 Å². The summed E-state index contributed by atoms with van der Waals surface area (Å²) in [5, 5.41) is -1.19. The molecule has 1 atom stereocenters. The van der Waals surface area contributed by atoms with E-state index in [-0.39, 0.29) is 6.54 Å². The number of unbranched alkanes of at least 4 members (excludes halogenated alkanes) is 9. The molecule has 1 unspecified atom stereocenters. The smallest absolute Gasteiger partial charge is 0.349 e. The van der Waals surface area contributed by atoms with Gasteiger partial charge in [0, 0.05) is 13.2 Å². The van der Waals surface area contributed by atoms with Gasteiger partial charge in [-0.25, -0.2) is 9.13 Å². The predicted octanol–water partition coefficient (Wildman–Crippen LogP) is 4.77. The Bertz CT molecular complexity index is 287. The lowest BCUT2D eigenvalue weighted by molar-refractivity contribution is 0.0335. The first-order valence-electron chi connectivity index (χ1n) is 8.05. The molecule has 0 amide bonds. The minimum atomic E-state index is -2.63. The van der Waals surface area contributed by atoms with Gasteiger partial charge in [-0.15, -0.1) is 0 Å². The van der Waals surface area contributed by atoms with Gasteiger partial charge in [-0.2, -0.15) is 0 Å². The van der Waals surface area contributed by atoms with Gasteiger partial charge in [-0.05, 0) is 13.3 Å². The molecule has 20 heavy (non-hydrogen) atoms. The summed E-state index contributed by atoms with van der Waals surface area (Å²) in [5.41, 5.74) is 5.43. The lowest BCUT2D eigenvalue weighted by Gasteiger charge is -2.19. The van der Waals surface area contributed by atoms with E-state index >= 15 is 0 Å². The van der Waals surface area contributed by atoms with Crippen LogP contribution >= 0.6 is 7.68 Å². The van der Waals surface area contributed by atoms with E-state index in [1.807, 2.05) is 0 Å². The Hall–Kier alpha value is -0.180. The van der Waals surface area contributed by atoms with Crippen molar-refractivity contribution in [1.29, 1.82) is 0 Å². The van der Waals surface area contributed by atoms with Crippen LogP contribution in [0.3, 0.4) is 0 Å². The number of ether oxygens (including phenoxy) is 1. The fourth-order valence-electron chi connectivity index (χ4n) is 2.07. The van der Waals surface area contributed by atoms with E-state index < -0.39 is 13.0 Å². The first-order chi connectivity index (χ1) is 9.56. The van der Waals surface area contributed by atoms with Crippen molar-refractivity contribution in [2.75, 3.05) is 13.2 Å². The molecule has 120 valence electrons. The summed E-state index contributed by atoms with van der Waals surface area (Å²) >= 11 is 0. The molecule has 0 fully saturated rings. The summed E-state index contributed by atoms with van der Waals surface area (Å²) in [6.07, 6.45) is 12.6. The van der Waals surface area contributed by atoms with Gasteiger partial charge in [-0.3, -0.25) is 0 Å². The molecule has 4 nitrogen and oxygen atoms in total. The molecule has 0 aromatic rings. The Morgan fingerprint density at radius 3 is 1.75 bits per heavy atom. The molecule has 0 heterocycles. The monoisotopic (exact) mass is 305 g/mol. The normalized spacial score (nSPS) is 14.2. The van der Waals surface area contributed by atoms with Crippen molar-refractivity contribution in [3.05, 3.63) is 0 Å². The highest BCUT2D eigenvalue weighted by Crippen LogP contribution is 2.29. The summed E-state index contributed by atoms with van der Waals surface area (Å²) < 4.78 is 27.4. The number of rotatable bonds is 14. The molecule has 0 radical (unpaired) electrons. The van der Waals surface area contributed by atoms with E-state index in [4.69, 9.17) is 10.5 Å². The zero-order valence-electron chi connectivity index (χ0n) is 13.2. The largest absolute Gasteiger partial charge is 0.359 e. The molecular weight excluding hydrogens is 273 g/mol. The molecular formula is C15H32NO3P. The summed E-state index contributed by atoms with van der Waals surface area (Å²) in [7, 11) is -2.63. The molecule has 0 rings (SSSR count). The van der Waals surface area contributed by atoms with E-state index in [1.54, 1.807) is 0 Å². The minimum Gasteiger partial charge on any atom is -0.359 e. The fourth-order valence-corrected chi connectivity index (χ4v) is 2.41. The highest BCUT2D eigenvalue weighted by molar-refractivity contribution is 7.32. The second kappa shape index (κ2) is 12.6. The molecule has 0 aliphatic heterocycles. The molecule has 5 heteroatoms. The number of nitrogens with two attached hydrogens (primary N) is 1. The van der Waals surface area contributed by atoms with Gasteiger partial charge in [0.2, 0.25) is 0 Å². The van der Waals surface area contributed by atoms with Crippen LogP contribution in [-0.2, 0) is 13.9 Å². The lowest BCUT2D eigenvalue weighted by atomic mass is 10.1. The highest BCUT2D eigenvalue weighted by Gasteiger charge is 2.29. The second-order valence-corrected chi connectivity index (χ2v) is 7.13. The van der Waals surface area contributed by atoms with Crippen molar-refractivity contribution in [2.24, 2.45) is 5.73 Å². The van der Waals surface area contributed by atoms with Gasteiger partial charge < -0.3 is 10.5 Å². The van der Waals surface area contributed by atoms with Gasteiger partial charge in [0.1, 0.15) is 0 Å². The van der Waals surface area contributed by atoms with Crippen LogP contribution in [0.25, 0.3) is 0 Å². The summed E-state index contributed by atoms with van der Waals surface area (Å²) in [4.78, 5) is 0. The summed E-state index contributed by atoms with van der Waals surface area (Å²) in [5.74, 6) is 0. The van der Waals surface area contributed by atoms with Gasteiger partial charge in [0.15, 0.2) is 5.34 Å². The maximum Gasteiger partial charge on any atom is 0.349 e. The third-order valence-corrected chi connectivity index (χ3v) is 4.76. The van der Waals surface area contributed by atoms with Crippen LogP contribution in [0.2, 0.25) is 0 Å². The summed E-state index contributed by atoms with van der Waals surface area (Å²) in [6.45, 7) is 4.27. The Balaban J connectivity index is 3.36. The van der Waals surface area contributed by atoms with Crippen LogP contribution in [0.1, 0.15) is 78.1 Å². The van der Waals surface area contributed by atoms with Gasteiger partial charge in [0.05, 0.1) is 0 Å². The second-order valence-electron chi connectivity index (χ2n) is 5.67. The SMILES string of the molecule is CCCCCCCCCCCCOC(C)(CN)P(=O)=O. The zero-order chi connectivity index (χ0) is 15.3. The molecule has 0 bridgehead atoms. The first-order valence-corrected chi connectivity index (χ1v) is 9.23. The standard InChI is InChI=1S/C15H32NO3P/c1-3-4-5-6-7-8-9-10-11-12-13-19-15(2,14-16)20(17)18/h3-14,16H2,1-2H3. The molecule has 0 aliphatic rings. The van der Waals surface area contributed by atoms with Crippen molar-refractivity contribution in [3.63, 3.8) is 0 Å². The predicted molar refractivity (Wildman–Crippen MR) is 83.5 cm³/mol.